The first-order chi connectivity index (χ1) is 15.1. The first-order valence-electron chi connectivity index (χ1n) is 11.1. The number of hydrogen-bond donors (Lipinski definition) is 1. The standard InChI is InChI=1S/C25H31ClN2O3/c1-30-22-10-4-19(5-11-22)23(28-14-16-31-17-15-28)18-27-24(29)25(12-2-3-13-25)20-6-8-21(26)9-7-20/h4-11,23H,2-3,12-18H2,1H3,(H,27,29)/t23-/m1/s1. The van der Waals surface area contributed by atoms with Crippen molar-refractivity contribution in [2.24, 2.45) is 0 Å². The highest BCUT2D eigenvalue weighted by atomic mass is 35.5. The summed E-state index contributed by atoms with van der Waals surface area (Å²) in [5.74, 6) is 0.959. The number of rotatable bonds is 7. The topological polar surface area (TPSA) is 50.8 Å². The van der Waals surface area contributed by atoms with Gasteiger partial charge in [-0.2, -0.15) is 0 Å². The van der Waals surface area contributed by atoms with Crippen molar-refractivity contribution in [2.45, 2.75) is 37.1 Å². The average Bonchev–Trinajstić information content (AvgIpc) is 3.32. The molecule has 1 N–H and O–H groups in total. The lowest BCUT2D eigenvalue weighted by atomic mass is 9.78. The first kappa shape index (κ1) is 22.1. The van der Waals surface area contributed by atoms with Crippen LogP contribution < -0.4 is 10.1 Å². The number of benzene rings is 2. The Morgan fingerprint density at radius 2 is 1.74 bits per heavy atom. The molecule has 6 heteroatoms. The minimum Gasteiger partial charge on any atom is -0.497 e. The largest absolute Gasteiger partial charge is 0.497 e. The summed E-state index contributed by atoms with van der Waals surface area (Å²) in [4.78, 5) is 16.0. The molecule has 1 amide bonds. The van der Waals surface area contributed by atoms with Crippen LogP contribution in [0.3, 0.4) is 0 Å². The number of hydrogen-bond acceptors (Lipinski definition) is 4. The Labute approximate surface area is 189 Å². The molecule has 0 unspecified atom stereocenters. The van der Waals surface area contributed by atoms with Crippen LogP contribution in [-0.4, -0.2) is 50.8 Å². The number of amides is 1. The molecule has 2 aliphatic rings. The van der Waals surface area contributed by atoms with Crippen molar-refractivity contribution in [3.8, 4) is 5.75 Å². The van der Waals surface area contributed by atoms with Crippen LogP contribution in [0.1, 0.15) is 42.9 Å². The quantitative estimate of drug-likeness (QED) is 0.692. The average molecular weight is 443 g/mol. The molecule has 0 aromatic heterocycles. The fourth-order valence-corrected chi connectivity index (χ4v) is 5.05. The van der Waals surface area contributed by atoms with E-state index in [1.165, 1.54) is 5.56 Å². The predicted molar refractivity (Wildman–Crippen MR) is 123 cm³/mol. The van der Waals surface area contributed by atoms with E-state index < -0.39 is 5.41 Å². The summed E-state index contributed by atoms with van der Waals surface area (Å²) in [6.45, 7) is 3.72. The number of morpholine rings is 1. The van der Waals surface area contributed by atoms with E-state index in [9.17, 15) is 4.79 Å². The zero-order valence-corrected chi connectivity index (χ0v) is 18.9. The molecule has 2 aromatic carbocycles. The van der Waals surface area contributed by atoms with E-state index in [1.54, 1.807) is 7.11 Å². The molecule has 5 nitrogen and oxygen atoms in total. The number of nitrogens with one attached hydrogen (secondary N) is 1. The van der Waals surface area contributed by atoms with E-state index >= 15 is 0 Å². The molecule has 4 rings (SSSR count). The zero-order chi connectivity index (χ0) is 21.7. The SMILES string of the molecule is COc1ccc([C@@H](CNC(=O)C2(c3ccc(Cl)cc3)CCCC2)N2CCOCC2)cc1. The maximum absolute atomic E-state index is 13.6. The van der Waals surface area contributed by atoms with Crippen molar-refractivity contribution in [1.82, 2.24) is 10.2 Å². The summed E-state index contributed by atoms with van der Waals surface area (Å²) in [7, 11) is 1.67. The molecule has 2 fully saturated rings. The third kappa shape index (κ3) is 4.89. The van der Waals surface area contributed by atoms with Gasteiger partial charge in [0, 0.05) is 24.7 Å². The highest BCUT2D eigenvalue weighted by Gasteiger charge is 2.42. The van der Waals surface area contributed by atoms with Crippen molar-refractivity contribution in [3.05, 3.63) is 64.7 Å². The Hall–Kier alpha value is -2.08. The van der Waals surface area contributed by atoms with Crippen LogP contribution in [0.4, 0.5) is 0 Å². The molecular formula is C25H31ClN2O3. The molecule has 166 valence electrons. The van der Waals surface area contributed by atoms with E-state index in [0.717, 1.165) is 63.3 Å². The van der Waals surface area contributed by atoms with Gasteiger partial charge in [0.15, 0.2) is 0 Å². The number of halogens is 1. The smallest absolute Gasteiger partial charge is 0.230 e. The van der Waals surface area contributed by atoms with Crippen molar-refractivity contribution in [3.63, 3.8) is 0 Å². The van der Waals surface area contributed by atoms with Gasteiger partial charge in [-0.05, 0) is 48.2 Å². The molecule has 2 aromatic rings. The lowest BCUT2D eigenvalue weighted by Crippen LogP contribution is -2.48. The fraction of sp³-hybridized carbons (Fsp3) is 0.480. The third-order valence-electron chi connectivity index (χ3n) is 6.73. The molecule has 1 saturated heterocycles. The van der Waals surface area contributed by atoms with Crippen molar-refractivity contribution < 1.29 is 14.3 Å². The van der Waals surface area contributed by atoms with Gasteiger partial charge in [-0.25, -0.2) is 0 Å². The summed E-state index contributed by atoms with van der Waals surface area (Å²) >= 11 is 6.10. The second-order valence-electron chi connectivity index (χ2n) is 8.44. The Kier molecular flexibility index (Phi) is 7.16. The maximum atomic E-state index is 13.6. The summed E-state index contributed by atoms with van der Waals surface area (Å²) in [6.07, 6.45) is 3.90. The van der Waals surface area contributed by atoms with Crippen LogP contribution in [0, 0.1) is 0 Å². The molecule has 1 aliphatic carbocycles. The van der Waals surface area contributed by atoms with Crippen molar-refractivity contribution in [2.75, 3.05) is 40.0 Å². The minimum absolute atomic E-state index is 0.0995. The summed E-state index contributed by atoms with van der Waals surface area (Å²) in [6, 6.07) is 16.0. The van der Waals surface area contributed by atoms with Gasteiger partial charge in [-0.3, -0.25) is 9.69 Å². The van der Waals surface area contributed by atoms with Gasteiger partial charge in [0.05, 0.1) is 31.8 Å². The van der Waals surface area contributed by atoms with Gasteiger partial charge in [0.1, 0.15) is 5.75 Å². The van der Waals surface area contributed by atoms with Crippen molar-refractivity contribution >= 4 is 17.5 Å². The predicted octanol–water partition coefficient (Wildman–Crippen LogP) is 4.35. The van der Waals surface area contributed by atoms with Gasteiger partial charge in [-0.1, -0.05) is 48.7 Å². The Bertz CT molecular complexity index is 857. The molecule has 1 heterocycles. The third-order valence-corrected chi connectivity index (χ3v) is 6.98. The Balaban J connectivity index is 1.53. The van der Waals surface area contributed by atoms with Gasteiger partial charge < -0.3 is 14.8 Å². The summed E-state index contributed by atoms with van der Waals surface area (Å²) in [5.41, 5.74) is 1.79. The normalized spacial score (nSPS) is 19.7. The maximum Gasteiger partial charge on any atom is 0.230 e. The van der Waals surface area contributed by atoms with Gasteiger partial charge >= 0.3 is 0 Å². The van der Waals surface area contributed by atoms with E-state index in [0.29, 0.717) is 11.6 Å². The van der Waals surface area contributed by atoms with E-state index in [2.05, 4.69) is 22.3 Å². The Morgan fingerprint density at radius 3 is 2.35 bits per heavy atom. The van der Waals surface area contributed by atoms with Crippen LogP contribution in [-0.2, 0) is 14.9 Å². The van der Waals surface area contributed by atoms with Crippen LogP contribution in [0.25, 0.3) is 0 Å². The zero-order valence-electron chi connectivity index (χ0n) is 18.1. The number of carbonyl (C=O) groups is 1. The summed E-state index contributed by atoms with van der Waals surface area (Å²) < 4.78 is 10.9. The van der Waals surface area contributed by atoms with Gasteiger partial charge in [0.2, 0.25) is 5.91 Å². The molecule has 0 radical (unpaired) electrons. The van der Waals surface area contributed by atoms with E-state index in [4.69, 9.17) is 21.1 Å². The molecule has 0 bridgehead atoms. The first-order valence-corrected chi connectivity index (χ1v) is 11.5. The molecule has 1 atom stereocenters. The monoisotopic (exact) mass is 442 g/mol. The van der Waals surface area contributed by atoms with E-state index in [-0.39, 0.29) is 11.9 Å². The Morgan fingerprint density at radius 1 is 1.10 bits per heavy atom. The number of nitrogens with zero attached hydrogens (tertiary/aromatic N) is 1. The molecule has 1 saturated carbocycles. The second-order valence-corrected chi connectivity index (χ2v) is 8.88. The van der Waals surface area contributed by atoms with E-state index in [1.807, 2.05) is 36.4 Å². The molecule has 1 aliphatic heterocycles. The minimum atomic E-state index is -0.458. The molecule has 0 spiro atoms. The summed E-state index contributed by atoms with van der Waals surface area (Å²) in [5, 5.41) is 4.02. The highest BCUT2D eigenvalue weighted by molar-refractivity contribution is 6.30. The fourth-order valence-electron chi connectivity index (χ4n) is 4.93. The second kappa shape index (κ2) is 10.0. The van der Waals surface area contributed by atoms with Crippen molar-refractivity contribution in [1.29, 1.82) is 0 Å². The van der Waals surface area contributed by atoms with Crippen LogP contribution >= 0.6 is 11.6 Å². The van der Waals surface area contributed by atoms with Crippen LogP contribution in [0.15, 0.2) is 48.5 Å². The highest BCUT2D eigenvalue weighted by Crippen LogP contribution is 2.42. The van der Waals surface area contributed by atoms with Crippen LogP contribution in [0.5, 0.6) is 5.75 Å². The lowest BCUT2D eigenvalue weighted by Gasteiger charge is -2.36. The molecule has 31 heavy (non-hydrogen) atoms. The van der Waals surface area contributed by atoms with Gasteiger partial charge in [-0.15, -0.1) is 0 Å². The molecular weight excluding hydrogens is 412 g/mol. The number of carbonyl (C=O) groups excluding carboxylic acids is 1. The lowest BCUT2D eigenvalue weighted by molar-refractivity contribution is -0.127. The van der Waals surface area contributed by atoms with Gasteiger partial charge in [0.25, 0.3) is 0 Å². The van der Waals surface area contributed by atoms with Crippen LogP contribution in [0.2, 0.25) is 5.02 Å². The number of methoxy groups -OCH3 is 1. The number of ether oxygens (including phenoxy) is 2.